The van der Waals surface area contributed by atoms with Crippen LogP contribution in [0, 0.1) is 0 Å². The van der Waals surface area contributed by atoms with E-state index < -0.39 is 0 Å². The predicted molar refractivity (Wildman–Crippen MR) is 110 cm³/mol. The minimum Gasteiger partial charge on any atom is -0.491 e. The highest BCUT2D eigenvalue weighted by atomic mass is 16.5. The van der Waals surface area contributed by atoms with Crippen molar-refractivity contribution in [3.05, 3.63) is 83.7 Å². The summed E-state index contributed by atoms with van der Waals surface area (Å²) in [5.41, 5.74) is 2.81. The quantitative estimate of drug-likeness (QED) is 0.639. The number of nitrogens with one attached hydrogen (secondary N) is 1. The molecule has 1 aromatic heterocycles. The maximum atomic E-state index is 12.5. The fourth-order valence-electron chi connectivity index (χ4n) is 3.37. The number of hydrogen-bond donors (Lipinski definition) is 1. The minimum atomic E-state index is -0.104. The van der Waals surface area contributed by atoms with Crippen LogP contribution < -0.4 is 10.1 Å². The average Bonchev–Trinajstić information content (AvgIpc) is 3.45. The number of nitrogens with zero attached hydrogens (tertiary/aromatic N) is 2. The van der Waals surface area contributed by atoms with Crippen LogP contribution in [0.2, 0.25) is 0 Å². The van der Waals surface area contributed by atoms with Gasteiger partial charge in [-0.3, -0.25) is 9.48 Å². The first kappa shape index (κ1) is 19.2. The van der Waals surface area contributed by atoms with Crippen LogP contribution in [0.4, 0.5) is 0 Å². The van der Waals surface area contributed by atoms with E-state index in [1.807, 2.05) is 41.2 Å². The number of ether oxygens (including phenoxy) is 2. The average molecular weight is 391 g/mol. The number of amides is 1. The topological polar surface area (TPSA) is 65.4 Å². The second-order valence-electron chi connectivity index (χ2n) is 7.18. The molecular formula is C23H25N3O3. The molecular weight excluding hydrogens is 366 g/mol. The van der Waals surface area contributed by atoms with Gasteiger partial charge in [-0.15, -0.1) is 0 Å². The van der Waals surface area contributed by atoms with Gasteiger partial charge in [0.05, 0.1) is 12.6 Å². The van der Waals surface area contributed by atoms with Crippen molar-refractivity contribution in [1.82, 2.24) is 15.1 Å². The van der Waals surface area contributed by atoms with Gasteiger partial charge in [-0.25, -0.2) is 0 Å². The second-order valence-corrected chi connectivity index (χ2v) is 7.18. The van der Waals surface area contributed by atoms with Gasteiger partial charge in [0.1, 0.15) is 12.4 Å². The molecule has 0 spiro atoms. The maximum absolute atomic E-state index is 12.5. The van der Waals surface area contributed by atoms with E-state index in [-0.39, 0.29) is 12.0 Å². The summed E-state index contributed by atoms with van der Waals surface area (Å²) in [6.45, 7) is 2.56. The lowest BCUT2D eigenvalue weighted by Gasteiger charge is -2.12. The molecule has 1 saturated heterocycles. The normalized spacial score (nSPS) is 15.9. The van der Waals surface area contributed by atoms with Crippen molar-refractivity contribution >= 4 is 5.91 Å². The highest BCUT2D eigenvalue weighted by Gasteiger charge is 2.16. The predicted octanol–water partition coefficient (Wildman–Crippen LogP) is 3.42. The molecule has 1 N–H and O–H groups in total. The lowest BCUT2D eigenvalue weighted by molar-refractivity contribution is 0.0679. The van der Waals surface area contributed by atoms with Crippen LogP contribution in [0.1, 0.15) is 34.3 Å². The highest BCUT2D eigenvalue weighted by molar-refractivity contribution is 5.94. The molecule has 0 saturated carbocycles. The molecule has 1 aliphatic heterocycles. The third kappa shape index (κ3) is 5.45. The molecule has 29 heavy (non-hydrogen) atoms. The van der Waals surface area contributed by atoms with Crippen LogP contribution in [0.5, 0.6) is 5.75 Å². The van der Waals surface area contributed by atoms with Crippen LogP contribution >= 0.6 is 0 Å². The zero-order valence-electron chi connectivity index (χ0n) is 16.3. The Labute approximate surface area is 170 Å². The van der Waals surface area contributed by atoms with E-state index in [0.717, 1.165) is 36.3 Å². The van der Waals surface area contributed by atoms with Crippen LogP contribution in [-0.4, -0.2) is 35.0 Å². The first-order valence-electron chi connectivity index (χ1n) is 9.94. The van der Waals surface area contributed by atoms with Crippen LogP contribution in [0.25, 0.3) is 0 Å². The van der Waals surface area contributed by atoms with Gasteiger partial charge >= 0.3 is 0 Å². The van der Waals surface area contributed by atoms with Crippen LogP contribution in [0.15, 0.2) is 67.0 Å². The van der Waals surface area contributed by atoms with E-state index in [2.05, 4.69) is 22.5 Å². The molecule has 0 bridgehead atoms. The molecule has 0 radical (unpaired) electrons. The Kier molecular flexibility index (Phi) is 6.22. The third-order valence-electron chi connectivity index (χ3n) is 4.92. The number of carbonyl (C=O) groups is 1. The number of benzene rings is 2. The Morgan fingerprint density at radius 2 is 2.03 bits per heavy atom. The second kappa shape index (κ2) is 9.39. The molecule has 1 atom stereocenters. The smallest absolute Gasteiger partial charge is 0.251 e. The van der Waals surface area contributed by atoms with Gasteiger partial charge < -0.3 is 14.8 Å². The Balaban J connectivity index is 1.28. The van der Waals surface area contributed by atoms with Gasteiger partial charge in [0.2, 0.25) is 0 Å². The van der Waals surface area contributed by atoms with Gasteiger partial charge in [-0.1, -0.05) is 24.3 Å². The Morgan fingerprint density at radius 3 is 2.79 bits per heavy atom. The lowest BCUT2D eigenvalue weighted by Crippen LogP contribution is -2.22. The molecule has 6 heteroatoms. The minimum absolute atomic E-state index is 0.104. The maximum Gasteiger partial charge on any atom is 0.251 e. The molecule has 2 heterocycles. The molecule has 1 amide bonds. The summed E-state index contributed by atoms with van der Waals surface area (Å²) in [4.78, 5) is 12.5. The monoisotopic (exact) mass is 391 g/mol. The zero-order valence-corrected chi connectivity index (χ0v) is 16.3. The van der Waals surface area contributed by atoms with Gasteiger partial charge in [0.15, 0.2) is 0 Å². The Bertz CT molecular complexity index is 917. The van der Waals surface area contributed by atoms with E-state index >= 15 is 0 Å². The molecule has 2 aromatic carbocycles. The van der Waals surface area contributed by atoms with Gasteiger partial charge in [-0.05, 0) is 54.3 Å². The molecule has 3 aromatic rings. The lowest BCUT2D eigenvalue weighted by atomic mass is 10.1. The van der Waals surface area contributed by atoms with Crippen molar-refractivity contribution in [2.75, 3.05) is 13.2 Å². The summed E-state index contributed by atoms with van der Waals surface area (Å²) in [6.07, 6.45) is 6.02. The third-order valence-corrected chi connectivity index (χ3v) is 4.92. The number of aromatic nitrogens is 2. The Hall–Kier alpha value is -3.12. The van der Waals surface area contributed by atoms with Crippen molar-refractivity contribution in [1.29, 1.82) is 0 Å². The molecule has 1 aliphatic rings. The van der Waals surface area contributed by atoms with Crippen molar-refractivity contribution in [2.45, 2.75) is 32.0 Å². The highest BCUT2D eigenvalue weighted by Crippen LogP contribution is 2.17. The zero-order chi connectivity index (χ0) is 19.9. The SMILES string of the molecule is O=C(NCc1cccc(Cn2cccn2)c1)c1ccc(OC[C@@H]2CCCO2)cc1. The molecule has 6 nitrogen and oxygen atoms in total. The summed E-state index contributed by atoms with van der Waals surface area (Å²) >= 11 is 0. The van der Waals surface area contributed by atoms with Crippen molar-refractivity contribution in [3.8, 4) is 5.75 Å². The largest absolute Gasteiger partial charge is 0.491 e. The van der Waals surface area contributed by atoms with Gasteiger partial charge in [0.25, 0.3) is 5.91 Å². The van der Waals surface area contributed by atoms with E-state index in [1.165, 1.54) is 0 Å². The van der Waals surface area contributed by atoms with E-state index in [1.54, 1.807) is 18.3 Å². The molecule has 150 valence electrons. The van der Waals surface area contributed by atoms with Gasteiger partial charge in [0, 0.05) is 31.1 Å². The number of rotatable bonds is 8. The van der Waals surface area contributed by atoms with Crippen molar-refractivity contribution in [3.63, 3.8) is 0 Å². The van der Waals surface area contributed by atoms with E-state index in [0.29, 0.717) is 25.3 Å². The summed E-state index contributed by atoms with van der Waals surface area (Å²) < 4.78 is 13.2. The fraction of sp³-hybridized carbons (Fsp3) is 0.304. The summed E-state index contributed by atoms with van der Waals surface area (Å²) in [5, 5.41) is 7.20. The van der Waals surface area contributed by atoms with Crippen molar-refractivity contribution < 1.29 is 14.3 Å². The van der Waals surface area contributed by atoms with Crippen LogP contribution in [-0.2, 0) is 17.8 Å². The first-order valence-corrected chi connectivity index (χ1v) is 9.94. The fourth-order valence-corrected chi connectivity index (χ4v) is 3.37. The molecule has 0 aliphatic carbocycles. The van der Waals surface area contributed by atoms with E-state index in [9.17, 15) is 4.79 Å². The van der Waals surface area contributed by atoms with Crippen LogP contribution in [0.3, 0.4) is 0 Å². The first-order chi connectivity index (χ1) is 14.3. The summed E-state index contributed by atoms with van der Waals surface area (Å²) in [5.74, 6) is 0.650. The molecule has 1 fully saturated rings. The summed E-state index contributed by atoms with van der Waals surface area (Å²) in [7, 11) is 0. The number of carbonyl (C=O) groups excluding carboxylic acids is 1. The standard InChI is InChI=1S/C23H25N3O3/c27-23(20-7-9-21(10-8-20)29-17-22-6-2-13-28-22)24-15-18-4-1-5-19(14-18)16-26-12-3-11-25-26/h1,3-5,7-12,14,22H,2,6,13,15-17H2,(H,24,27)/t22-/m0/s1. The van der Waals surface area contributed by atoms with Crippen molar-refractivity contribution in [2.24, 2.45) is 0 Å². The number of hydrogen-bond acceptors (Lipinski definition) is 4. The van der Waals surface area contributed by atoms with Gasteiger partial charge in [-0.2, -0.15) is 5.10 Å². The Morgan fingerprint density at radius 1 is 1.17 bits per heavy atom. The van der Waals surface area contributed by atoms with E-state index in [4.69, 9.17) is 9.47 Å². The molecule has 0 unspecified atom stereocenters. The summed E-state index contributed by atoms with van der Waals surface area (Å²) in [6, 6.07) is 17.3. The molecule has 4 rings (SSSR count).